The lowest BCUT2D eigenvalue weighted by molar-refractivity contribution is -0.132. The molecule has 4 heteroatoms. The van der Waals surface area contributed by atoms with Crippen molar-refractivity contribution in [2.45, 2.75) is 0 Å². The molecule has 0 aliphatic heterocycles. The van der Waals surface area contributed by atoms with Gasteiger partial charge in [-0.1, -0.05) is 6.58 Å². The molecule has 0 atom stereocenters. The molecule has 0 amide bonds. The summed E-state index contributed by atoms with van der Waals surface area (Å²) in [6.45, 7) is 3.15. The van der Waals surface area contributed by atoms with Crippen molar-refractivity contribution in [3.63, 3.8) is 0 Å². The zero-order chi connectivity index (χ0) is 10.6. The Hall–Kier alpha value is -2.10. The molecule has 0 radical (unpaired) electrons. The van der Waals surface area contributed by atoms with Crippen LogP contribution in [0.4, 0.5) is 0 Å². The predicted molar refractivity (Wildman–Crippen MR) is 48.7 cm³/mol. The average Bonchev–Trinajstić information content (AvgIpc) is 2.18. The SMILES string of the molecule is C=CC(=O)OC(=O)c1ccc(O)cc1. The first-order chi connectivity index (χ1) is 6.63. The molecule has 14 heavy (non-hydrogen) atoms. The number of ether oxygens (including phenoxy) is 1. The van der Waals surface area contributed by atoms with Gasteiger partial charge in [0.2, 0.25) is 0 Å². The molecule has 0 aliphatic rings. The highest BCUT2D eigenvalue weighted by atomic mass is 16.6. The number of phenolic OH excluding ortho intramolecular Hbond substituents is 1. The first kappa shape index (κ1) is 9.98. The topological polar surface area (TPSA) is 63.6 Å². The lowest BCUT2D eigenvalue weighted by Gasteiger charge is -1.99. The van der Waals surface area contributed by atoms with E-state index < -0.39 is 11.9 Å². The molecule has 4 nitrogen and oxygen atoms in total. The molecule has 1 N–H and O–H groups in total. The van der Waals surface area contributed by atoms with Gasteiger partial charge in [0.05, 0.1) is 5.56 Å². The van der Waals surface area contributed by atoms with Crippen molar-refractivity contribution in [3.8, 4) is 5.75 Å². The number of hydrogen-bond acceptors (Lipinski definition) is 4. The fourth-order valence-electron chi connectivity index (χ4n) is 0.789. The Labute approximate surface area is 80.4 Å². The number of hydrogen-bond donors (Lipinski definition) is 1. The second-order valence-corrected chi connectivity index (χ2v) is 2.46. The van der Waals surface area contributed by atoms with Gasteiger partial charge in [0.25, 0.3) is 0 Å². The van der Waals surface area contributed by atoms with Crippen LogP contribution in [0.3, 0.4) is 0 Å². The van der Waals surface area contributed by atoms with Crippen LogP contribution in [0.2, 0.25) is 0 Å². The summed E-state index contributed by atoms with van der Waals surface area (Å²) >= 11 is 0. The molecule has 1 aromatic carbocycles. The van der Waals surface area contributed by atoms with E-state index in [0.29, 0.717) is 0 Å². The standard InChI is InChI=1S/C10H8O4/c1-2-9(12)14-10(13)7-3-5-8(11)6-4-7/h2-6,11H,1H2. The van der Waals surface area contributed by atoms with Crippen LogP contribution in [0.1, 0.15) is 10.4 Å². The molecule has 0 aliphatic carbocycles. The molecular formula is C10H8O4. The van der Waals surface area contributed by atoms with Gasteiger partial charge in [-0.3, -0.25) is 0 Å². The summed E-state index contributed by atoms with van der Waals surface area (Å²) in [5, 5.41) is 8.93. The number of aromatic hydroxyl groups is 1. The van der Waals surface area contributed by atoms with Crippen molar-refractivity contribution in [1.29, 1.82) is 0 Å². The highest BCUT2D eigenvalue weighted by Crippen LogP contribution is 2.10. The Balaban J connectivity index is 2.75. The molecule has 0 unspecified atom stereocenters. The minimum atomic E-state index is -0.803. The van der Waals surface area contributed by atoms with E-state index in [1.54, 1.807) is 0 Å². The molecule has 0 spiro atoms. The highest BCUT2D eigenvalue weighted by Gasteiger charge is 2.09. The maximum atomic E-state index is 11.2. The maximum absolute atomic E-state index is 11.2. The number of carbonyl (C=O) groups excluding carboxylic acids is 2. The zero-order valence-corrected chi connectivity index (χ0v) is 7.27. The third-order valence-electron chi connectivity index (χ3n) is 1.46. The monoisotopic (exact) mass is 192 g/mol. The van der Waals surface area contributed by atoms with Crippen LogP contribution in [-0.4, -0.2) is 17.0 Å². The second kappa shape index (κ2) is 4.23. The molecule has 0 saturated carbocycles. The second-order valence-electron chi connectivity index (χ2n) is 2.46. The van der Waals surface area contributed by atoms with E-state index in [4.69, 9.17) is 5.11 Å². The van der Waals surface area contributed by atoms with Gasteiger partial charge in [-0.25, -0.2) is 9.59 Å². The molecular weight excluding hydrogens is 184 g/mol. The zero-order valence-electron chi connectivity index (χ0n) is 7.27. The smallest absolute Gasteiger partial charge is 0.346 e. The highest BCUT2D eigenvalue weighted by molar-refractivity contribution is 5.99. The van der Waals surface area contributed by atoms with Gasteiger partial charge in [0.1, 0.15) is 5.75 Å². The molecule has 72 valence electrons. The number of carbonyl (C=O) groups is 2. The Kier molecular flexibility index (Phi) is 3.01. The molecule has 1 rings (SSSR count). The summed E-state index contributed by atoms with van der Waals surface area (Å²) in [6, 6.07) is 5.37. The van der Waals surface area contributed by atoms with Crippen LogP contribution in [0.5, 0.6) is 5.75 Å². The Morgan fingerprint density at radius 3 is 2.36 bits per heavy atom. The lowest BCUT2D eigenvalue weighted by atomic mass is 10.2. The van der Waals surface area contributed by atoms with Crippen LogP contribution >= 0.6 is 0 Å². The van der Waals surface area contributed by atoms with E-state index in [0.717, 1.165) is 6.08 Å². The molecule has 0 heterocycles. The molecule has 1 aromatic rings. The number of esters is 2. The number of benzene rings is 1. The van der Waals surface area contributed by atoms with Crippen molar-refractivity contribution < 1.29 is 19.4 Å². The van der Waals surface area contributed by atoms with Gasteiger partial charge in [0.15, 0.2) is 0 Å². The summed E-state index contributed by atoms with van der Waals surface area (Å²) in [5.41, 5.74) is 0.193. The maximum Gasteiger partial charge on any atom is 0.346 e. The number of rotatable bonds is 2. The number of phenols is 1. The van der Waals surface area contributed by atoms with Gasteiger partial charge < -0.3 is 9.84 Å². The summed E-state index contributed by atoms with van der Waals surface area (Å²) in [5.74, 6) is -1.53. The molecule has 0 saturated heterocycles. The molecule has 0 fully saturated rings. The van der Waals surface area contributed by atoms with Crippen LogP contribution in [-0.2, 0) is 9.53 Å². The van der Waals surface area contributed by atoms with E-state index >= 15 is 0 Å². The van der Waals surface area contributed by atoms with Gasteiger partial charge in [-0.05, 0) is 24.3 Å². The quantitative estimate of drug-likeness (QED) is 0.435. The fourth-order valence-corrected chi connectivity index (χ4v) is 0.789. The van der Waals surface area contributed by atoms with Crippen molar-refractivity contribution >= 4 is 11.9 Å². The Morgan fingerprint density at radius 2 is 1.86 bits per heavy atom. The average molecular weight is 192 g/mol. The van der Waals surface area contributed by atoms with E-state index in [2.05, 4.69) is 11.3 Å². The van der Waals surface area contributed by atoms with Crippen molar-refractivity contribution in [2.24, 2.45) is 0 Å². The van der Waals surface area contributed by atoms with Gasteiger partial charge in [-0.2, -0.15) is 0 Å². The van der Waals surface area contributed by atoms with Crippen LogP contribution in [0, 0.1) is 0 Å². The van der Waals surface area contributed by atoms with Crippen LogP contribution in [0.25, 0.3) is 0 Å². The van der Waals surface area contributed by atoms with Crippen LogP contribution in [0.15, 0.2) is 36.9 Å². The van der Waals surface area contributed by atoms with Crippen molar-refractivity contribution in [2.75, 3.05) is 0 Å². The van der Waals surface area contributed by atoms with E-state index in [1.807, 2.05) is 0 Å². The summed E-state index contributed by atoms with van der Waals surface area (Å²) in [7, 11) is 0. The van der Waals surface area contributed by atoms with E-state index in [-0.39, 0.29) is 11.3 Å². The predicted octanol–water partition coefficient (Wildman–Crippen LogP) is 1.26. The van der Waals surface area contributed by atoms with Gasteiger partial charge in [-0.15, -0.1) is 0 Å². The minimum Gasteiger partial charge on any atom is -0.508 e. The molecule has 0 aromatic heterocycles. The summed E-state index contributed by atoms with van der Waals surface area (Å²) < 4.78 is 4.35. The van der Waals surface area contributed by atoms with Crippen molar-refractivity contribution in [3.05, 3.63) is 42.5 Å². The van der Waals surface area contributed by atoms with Gasteiger partial charge >= 0.3 is 11.9 Å². The molecule has 0 bridgehead atoms. The van der Waals surface area contributed by atoms with E-state index in [1.165, 1.54) is 24.3 Å². The summed E-state index contributed by atoms with van der Waals surface area (Å²) in [4.78, 5) is 21.8. The normalized spacial score (nSPS) is 9.14. The Morgan fingerprint density at radius 1 is 1.29 bits per heavy atom. The largest absolute Gasteiger partial charge is 0.508 e. The summed E-state index contributed by atoms with van der Waals surface area (Å²) in [6.07, 6.45) is 0.901. The fraction of sp³-hybridized carbons (Fsp3) is 0. The van der Waals surface area contributed by atoms with Crippen LogP contribution < -0.4 is 0 Å². The third kappa shape index (κ3) is 2.45. The van der Waals surface area contributed by atoms with Crippen molar-refractivity contribution in [1.82, 2.24) is 0 Å². The first-order valence-corrected chi connectivity index (χ1v) is 3.81. The lowest BCUT2D eigenvalue weighted by Crippen LogP contribution is -2.09. The first-order valence-electron chi connectivity index (χ1n) is 3.81. The Bertz CT molecular complexity index is 364. The third-order valence-corrected chi connectivity index (χ3v) is 1.46. The van der Waals surface area contributed by atoms with E-state index in [9.17, 15) is 9.59 Å². The minimum absolute atomic E-state index is 0.0385. The van der Waals surface area contributed by atoms with Gasteiger partial charge in [0, 0.05) is 6.08 Å².